The molecule has 460 valence electrons. The average molecular weight is 1150 g/mol. The van der Waals surface area contributed by atoms with E-state index < -0.39 is 127 Å². The Morgan fingerprint density at radius 1 is 0.524 bits per heavy atom. The number of carbonyl (C=O) groups is 11. The van der Waals surface area contributed by atoms with Crippen molar-refractivity contribution in [2.45, 2.75) is 212 Å². The van der Waals surface area contributed by atoms with Gasteiger partial charge in [0.2, 0.25) is 59.1 Å². The summed E-state index contributed by atoms with van der Waals surface area (Å²) in [6.45, 7) is 7.59. The van der Waals surface area contributed by atoms with Crippen LogP contribution in [0, 0.1) is 5.92 Å². The second-order valence-corrected chi connectivity index (χ2v) is 21.1. The number of hydrogen-bond donors (Lipinski definition) is 14. The molecule has 17 N–H and O–H groups in total. The molecule has 1 heterocycles. The van der Waals surface area contributed by atoms with E-state index in [2.05, 4.69) is 59.8 Å². The first-order valence-corrected chi connectivity index (χ1v) is 29.3. The molecule has 82 heavy (non-hydrogen) atoms. The van der Waals surface area contributed by atoms with Gasteiger partial charge in [0.05, 0.1) is 19.5 Å². The minimum atomic E-state index is -1.58. The summed E-state index contributed by atoms with van der Waals surface area (Å²) in [5.41, 5.74) is 18.4. The van der Waals surface area contributed by atoms with Crippen LogP contribution < -0.4 is 65.1 Å². The van der Waals surface area contributed by atoms with Gasteiger partial charge in [-0.05, 0) is 89.4 Å². The van der Waals surface area contributed by atoms with Crippen LogP contribution in [-0.4, -0.2) is 144 Å². The fourth-order valence-electron chi connectivity index (χ4n) is 8.92. The maximum Gasteiger partial charge on any atom is 0.325 e. The number of fused-ring (bicyclic) bond motifs is 1. The third-order valence-corrected chi connectivity index (χ3v) is 14.1. The second kappa shape index (κ2) is 40.1. The van der Waals surface area contributed by atoms with Crippen molar-refractivity contribution in [3.63, 3.8) is 0 Å². The number of benzene rings is 1. The van der Waals surface area contributed by atoms with Gasteiger partial charge in [-0.15, -0.1) is 0 Å². The van der Waals surface area contributed by atoms with E-state index >= 15 is 0 Å². The van der Waals surface area contributed by atoms with Gasteiger partial charge in [0.1, 0.15) is 42.3 Å². The van der Waals surface area contributed by atoms with Gasteiger partial charge >= 0.3 is 5.97 Å². The van der Waals surface area contributed by atoms with Crippen LogP contribution in [0.1, 0.15) is 169 Å². The van der Waals surface area contributed by atoms with Crippen molar-refractivity contribution >= 4 is 75.9 Å². The predicted octanol–water partition coefficient (Wildman–Crippen LogP) is 1.34. The van der Waals surface area contributed by atoms with Gasteiger partial charge in [-0.2, -0.15) is 0 Å². The Kier molecular flexibility index (Phi) is 34.7. The van der Waals surface area contributed by atoms with E-state index in [1.54, 1.807) is 20.0 Å². The van der Waals surface area contributed by atoms with E-state index in [1.165, 1.54) is 58.8 Å². The van der Waals surface area contributed by atoms with E-state index in [1.807, 2.05) is 24.3 Å². The minimum Gasteiger partial charge on any atom is -0.480 e. The van der Waals surface area contributed by atoms with Crippen LogP contribution in [0.3, 0.4) is 0 Å². The third-order valence-electron chi connectivity index (χ3n) is 14.1. The molecule has 2 rings (SSSR count). The van der Waals surface area contributed by atoms with Crippen LogP contribution in [0.2, 0.25) is 0 Å². The summed E-state index contributed by atoms with van der Waals surface area (Å²) >= 11 is 0. The number of hydrogen-bond acceptors (Lipinski definition) is 13. The fraction of sp³-hybridized carbons (Fsp3) is 0.667. The number of primary amides is 1. The zero-order valence-corrected chi connectivity index (χ0v) is 48.9. The van der Waals surface area contributed by atoms with Crippen LogP contribution >= 0.6 is 0 Å². The maximum atomic E-state index is 14.1. The van der Waals surface area contributed by atoms with Gasteiger partial charge in [0.15, 0.2) is 0 Å². The van der Waals surface area contributed by atoms with Crippen LogP contribution in [-0.2, 0) is 59.2 Å². The number of H-pyrrole nitrogens is 1. The predicted molar refractivity (Wildman–Crippen MR) is 311 cm³/mol. The highest BCUT2D eigenvalue weighted by molar-refractivity contribution is 5.98. The standard InChI is InChI=1S/C57H95N13O12/c1-6-8-9-10-11-12-13-14-15-16-17-28-47(72)66-44(31-39-33-61-41-25-19-18-24-40(39)41)52(76)63-34-48(73)62-35-49(74)70-50(36(3)7-2)56(80)68-43(27-21-23-30-59)54(78)67-42(26-20-22-29-58)53(77)64-37(4)51(75)69-45(32-46(60)71)55(79)65-38(5)57(81)82/h18-19,24-25,33,36-38,42-45,50,61H,6-17,20-23,26-32,34-35,58-59H2,1-5H3,(H2,60,71)(H,62,73)(H,63,76)(H,64,77)(H,65,79)(H,66,72)(H,67,78)(H,68,80)(H,69,75)(H,70,74)(H,81,82)/t36-,37-,38-,42-,43-,44-,45-,50-/m0/s1. The summed E-state index contributed by atoms with van der Waals surface area (Å²) in [6.07, 6.45) is 16.1. The number of amides is 10. The number of nitrogens with one attached hydrogen (secondary N) is 10. The molecule has 0 spiro atoms. The molecule has 10 amide bonds. The summed E-state index contributed by atoms with van der Waals surface area (Å²) < 4.78 is 0. The SMILES string of the molecule is CCCCCCCCCCCCCC(=O)N[C@@H](Cc1c[nH]c2ccccc12)C(=O)NCC(=O)NCC(=O)N[C@H](C(=O)N[C@@H](CCCCN)C(=O)N[C@@H](CCCCN)C(=O)N[C@@H](C)C(=O)N[C@@H](CC(N)=O)C(=O)N[C@@H](C)C(=O)O)[C@@H](C)CC. The lowest BCUT2D eigenvalue weighted by atomic mass is 9.97. The first kappa shape index (κ1) is 71.0. The number of carboxylic acids is 1. The van der Waals surface area contributed by atoms with Crippen LogP contribution in [0.25, 0.3) is 10.9 Å². The first-order chi connectivity index (χ1) is 39.1. The molecule has 8 atom stereocenters. The molecule has 0 aliphatic rings. The number of carboxylic acid groups (broad SMARTS) is 1. The third kappa shape index (κ3) is 28.0. The van der Waals surface area contributed by atoms with Gasteiger partial charge in [-0.1, -0.05) is 110 Å². The van der Waals surface area contributed by atoms with Crippen molar-refractivity contribution in [2.24, 2.45) is 23.1 Å². The summed E-state index contributed by atoms with van der Waals surface area (Å²) in [5.74, 6) is -9.44. The topological polar surface area (TPSA) is 410 Å². The number of para-hydroxylation sites is 1. The van der Waals surface area contributed by atoms with Gasteiger partial charge < -0.3 is 75.1 Å². The molecule has 0 bridgehead atoms. The molecule has 1 aromatic heterocycles. The summed E-state index contributed by atoms with van der Waals surface area (Å²) in [7, 11) is 0. The van der Waals surface area contributed by atoms with Gasteiger partial charge in [-0.3, -0.25) is 52.7 Å². The lowest BCUT2D eigenvalue weighted by Crippen LogP contribution is -2.60. The van der Waals surface area contributed by atoms with Gasteiger partial charge in [0, 0.05) is 29.9 Å². The highest BCUT2D eigenvalue weighted by Crippen LogP contribution is 2.20. The number of nitrogens with two attached hydrogens (primary N) is 3. The second-order valence-electron chi connectivity index (χ2n) is 21.1. The molecule has 0 saturated carbocycles. The zero-order chi connectivity index (χ0) is 61.0. The van der Waals surface area contributed by atoms with Crippen molar-refractivity contribution in [3.8, 4) is 0 Å². The maximum absolute atomic E-state index is 14.1. The fourth-order valence-corrected chi connectivity index (χ4v) is 8.92. The van der Waals surface area contributed by atoms with Crippen molar-refractivity contribution in [1.82, 2.24) is 52.8 Å². The Balaban J connectivity index is 2.11. The largest absolute Gasteiger partial charge is 0.480 e. The van der Waals surface area contributed by atoms with Crippen molar-refractivity contribution in [2.75, 3.05) is 26.2 Å². The highest BCUT2D eigenvalue weighted by atomic mass is 16.4. The number of rotatable bonds is 44. The quantitative estimate of drug-likeness (QED) is 0.0417. The monoisotopic (exact) mass is 1150 g/mol. The minimum absolute atomic E-state index is 0.0506. The zero-order valence-electron chi connectivity index (χ0n) is 48.9. The number of aliphatic carboxylic acids is 1. The van der Waals surface area contributed by atoms with E-state index in [4.69, 9.17) is 17.2 Å². The van der Waals surface area contributed by atoms with Gasteiger partial charge in [0.25, 0.3) is 0 Å². The normalized spacial score (nSPS) is 14.0. The number of aromatic nitrogens is 1. The molecule has 0 aliphatic carbocycles. The van der Waals surface area contributed by atoms with Crippen LogP contribution in [0.5, 0.6) is 0 Å². The average Bonchev–Trinajstić information content (AvgIpc) is 3.97. The molecule has 2 aromatic rings. The lowest BCUT2D eigenvalue weighted by molar-refractivity contribution is -0.142. The van der Waals surface area contributed by atoms with E-state index in [0.29, 0.717) is 38.5 Å². The van der Waals surface area contributed by atoms with Crippen molar-refractivity contribution in [3.05, 3.63) is 36.0 Å². The first-order valence-electron chi connectivity index (χ1n) is 29.3. The molecule has 25 nitrogen and oxygen atoms in total. The Morgan fingerprint density at radius 3 is 1.62 bits per heavy atom. The Bertz CT molecular complexity index is 2370. The molecular weight excluding hydrogens is 1060 g/mol. The molecule has 0 aliphatic heterocycles. The lowest BCUT2D eigenvalue weighted by Gasteiger charge is -2.28. The van der Waals surface area contributed by atoms with Crippen LogP contribution in [0.4, 0.5) is 0 Å². The number of carbonyl (C=O) groups excluding carboxylic acids is 10. The molecular formula is C57H95N13O12. The van der Waals surface area contributed by atoms with Crippen LogP contribution in [0.15, 0.2) is 30.5 Å². The smallest absolute Gasteiger partial charge is 0.325 e. The molecule has 0 fully saturated rings. The number of aromatic amines is 1. The number of unbranched alkanes of at least 4 members (excludes halogenated alkanes) is 12. The van der Waals surface area contributed by atoms with E-state index in [0.717, 1.165) is 35.7 Å². The Labute approximate surface area is 482 Å². The highest BCUT2D eigenvalue weighted by Gasteiger charge is 2.34. The molecule has 25 heteroatoms. The Morgan fingerprint density at radius 2 is 1.05 bits per heavy atom. The molecule has 0 unspecified atom stereocenters. The summed E-state index contributed by atoms with van der Waals surface area (Å²) in [6, 6.07) is -1.46. The molecule has 0 saturated heterocycles. The van der Waals surface area contributed by atoms with Crippen molar-refractivity contribution in [1.29, 1.82) is 0 Å². The molecule has 1 aromatic carbocycles. The van der Waals surface area contributed by atoms with E-state index in [-0.39, 0.29) is 44.7 Å². The van der Waals surface area contributed by atoms with Gasteiger partial charge in [-0.25, -0.2) is 0 Å². The summed E-state index contributed by atoms with van der Waals surface area (Å²) in [4.78, 5) is 147. The Hall–Kier alpha value is -7.15. The summed E-state index contributed by atoms with van der Waals surface area (Å²) in [5, 5.41) is 32.9. The van der Waals surface area contributed by atoms with E-state index in [9.17, 15) is 57.8 Å². The molecule has 0 radical (unpaired) electrons. The van der Waals surface area contributed by atoms with Crippen molar-refractivity contribution < 1.29 is 57.8 Å².